The minimum absolute atomic E-state index is 0.0146. The molecule has 1 fully saturated rings. The van der Waals surface area contributed by atoms with E-state index in [0.29, 0.717) is 6.42 Å². The van der Waals surface area contributed by atoms with Crippen LogP contribution in [0.1, 0.15) is 46.6 Å². The number of hydrogen-bond donors (Lipinski definition) is 2. The van der Waals surface area contributed by atoms with Crippen LogP contribution in [-0.2, 0) is 15.0 Å². The Balaban J connectivity index is 2.02. The average Bonchev–Trinajstić information content (AvgIpc) is 3.17. The molecule has 2 N–H and O–H groups in total. The van der Waals surface area contributed by atoms with Gasteiger partial charge in [0.25, 0.3) is 0 Å². The van der Waals surface area contributed by atoms with E-state index in [1.54, 1.807) is 0 Å². The summed E-state index contributed by atoms with van der Waals surface area (Å²) in [5, 5.41) is 5.87. The van der Waals surface area contributed by atoms with Gasteiger partial charge in [-0.15, -0.1) is 0 Å². The van der Waals surface area contributed by atoms with Crippen molar-refractivity contribution in [1.82, 2.24) is 5.32 Å². The molecule has 120 valence electrons. The van der Waals surface area contributed by atoms with E-state index in [2.05, 4.69) is 31.4 Å². The molecule has 2 amide bonds. The molecular weight excluding hydrogens is 276 g/mol. The zero-order chi connectivity index (χ0) is 16.5. The second-order valence-electron chi connectivity index (χ2n) is 7.40. The van der Waals surface area contributed by atoms with Crippen molar-refractivity contribution in [3.8, 4) is 0 Å². The van der Waals surface area contributed by atoms with Gasteiger partial charge in [-0.3, -0.25) is 9.59 Å². The van der Waals surface area contributed by atoms with Crippen molar-refractivity contribution in [2.45, 2.75) is 52.5 Å². The standard InChI is InChI=1S/C18H26N2O2/c1-11(2)19-16(21)12-10-13(12)17(22)20-15-9-7-6-8-14(15)18(3,4)5/h6-9,11-13H,10H2,1-5H3,(H,19,21)(H,20,22). The van der Waals surface area contributed by atoms with E-state index in [4.69, 9.17) is 0 Å². The number of hydrogen-bond acceptors (Lipinski definition) is 2. The van der Waals surface area contributed by atoms with E-state index >= 15 is 0 Å². The Labute approximate surface area is 132 Å². The van der Waals surface area contributed by atoms with Crippen LogP contribution in [-0.4, -0.2) is 17.9 Å². The maximum atomic E-state index is 12.4. The summed E-state index contributed by atoms with van der Waals surface area (Å²) in [6.07, 6.45) is 0.641. The molecule has 1 saturated carbocycles. The molecule has 1 aliphatic rings. The van der Waals surface area contributed by atoms with Crippen LogP contribution in [0.3, 0.4) is 0 Å². The number of para-hydroxylation sites is 1. The van der Waals surface area contributed by atoms with Crippen LogP contribution in [0.25, 0.3) is 0 Å². The highest BCUT2D eigenvalue weighted by Gasteiger charge is 2.48. The molecule has 1 aromatic carbocycles. The van der Waals surface area contributed by atoms with E-state index in [9.17, 15) is 9.59 Å². The molecule has 0 spiro atoms. The lowest BCUT2D eigenvalue weighted by Gasteiger charge is -2.23. The Morgan fingerprint density at radius 1 is 1.09 bits per heavy atom. The van der Waals surface area contributed by atoms with Crippen LogP contribution in [0.4, 0.5) is 5.69 Å². The molecule has 0 radical (unpaired) electrons. The van der Waals surface area contributed by atoms with Gasteiger partial charge in [0, 0.05) is 11.7 Å². The predicted octanol–water partition coefficient (Wildman–Crippen LogP) is 3.08. The molecule has 4 nitrogen and oxygen atoms in total. The molecular formula is C18H26N2O2. The minimum atomic E-state index is -0.202. The first kappa shape index (κ1) is 16.5. The van der Waals surface area contributed by atoms with Crippen LogP contribution >= 0.6 is 0 Å². The number of nitrogens with one attached hydrogen (secondary N) is 2. The van der Waals surface area contributed by atoms with Gasteiger partial charge in [-0.05, 0) is 37.3 Å². The zero-order valence-electron chi connectivity index (χ0n) is 14.1. The van der Waals surface area contributed by atoms with Crippen LogP contribution < -0.4 is 10.6 Å². The normalized spacial score (nSPS) is 20.6. The summed E-state index contributed by atoms with van der Waals surface area (Å²) < 4.78 is 0. The Bertz CT molecular complexity index is 573. The van der Waals surface area contributed by atoms with Crippen molar-refractivity contribution in [3.63, 3.8) is 0 Å². The average molecular weight is 302 g/mol. The lowest BCUT2D eigenvalue weighted by Crippen LogP contribution is -2.32. The van der Waals surface area contributed by atoms with E-state index in [0.717, 1.165) is 11.3 Å². The minimum Gasteiger partial charge on any atom is -0.354 e. The van der Waals surface area contributed by atoms with E-state index < -0.39 is 0 Å². The SMILES string of the molecule is CC(C)NC(=O)C1CC1C(=O)Nc1ccccc1C(C)(C)C. The lowest BCUT2D eigenvalue weighted by molar-refractivity contribution is -0.125. The quantitative estimate of drug-likeness (QED) is 0.898. The number of carbonyl (C=O) groups excluding carboxylic acids is 2. The van der Waals surface area contributed by atoms with Gasteiger partial charge in [0.05, 0.1) is 11.8 Å². The number of carbonyl (C=O) groups is 2. The second-order valence-corrected chi connectivity index (χ2v) is 7.40. The van der Waals surface area contributed by atoms with Gasteiger partial charge >= 0.3 is 0 Å². The fourth-order valence-electron chi connectivity index (χ4n) is 2.64. The van der Waals surface area contributed by atoms with Crippen molar-refractivity contribution in [2.75, 3.05) is 5.32 Å². The topological polar surface area (TPSA) is 58.2 Å². The molecule has 2 atom stereocenters. The van der Waals surface area contributed by atoms with Crippen molar-refractivity contribution in [1.29, 1.82) is 0 Å². The van der Waals surface area contributed by atoms with E-state index in [1.807, 2.05) is 38.1 Å². The van der Waals surface area contributed by atoms with E-state index in [1.165, 1.54) is 0 Å². The molecule has 0 saturated heterocycles. The molecule has 4 heteroatoms. The Morgan fingerprint density at radius 2 is 1.68 bits per heavy atom. The summed E-state index contributed by atoms with van der Waals surface area (Å²) >= 11 is 0. The van der Waals surface area contributed by atoms with Crippen LogP contribution in [0.5, 0.6) is 0 Å². The second kappa shape index (κ2) is 6.11. The Kier molecular flexibility index (Phi) is 4.59. The van der Waals surface area contributed by atoms with Crippen LogP contribution in [0.15, 0.2) is 24.3 Å². The summed E-state index contributed by atoms with van der Waals surface area (Å²) in [6, 6.07) is 7.96. The molecule has 0 aromatic heterocycles. The number of rotatable bonds is 4. The Morgan fingerprint density at radius 3 is 2.27 bits per heavy atom. The fourth-order valence-corrected chi connectivity index (χ4v) is 2.64. The summed E-state index contributed by atoms with van der Waals surface area (Å²) in [5.41, 5.74) is 1.91. The third kappa shape index (κ3) is 3.87. The Hall–Kier alpha value is -1.84. The van der Waals surface area contributed by atoms with Gasteiger partial charge in [-0.2, -0.15) is 0 Å². The van der Waals surface area contributed by atoms with Crippen molar-refractivity contribution < 1.29 is 9.59 Å². The molecule has 1 aromatic rings. The summed E-state index contributed by atoms with van der Waals surface area (Å²) in [4.78, 5) is 24.3. The molecule has 22 heavy (non-hydrogen) atoms. The molecule has 2 rings (SSSR count). The maximum Gasteiger partial charge on any atom is 0.228 e. The fraction of sp³-hybridized carbons (Fsp3) is 0.556. The monoisotopic (exact) mass is 302 g/mol. The van der Waals surface area contributed by atoms with Crippen LogP contribution in [0, 0.1) is 11.8 Å². The third-order valence-corrected chi connectivity index (χ3v) is 3.89. The van der Waals surface area contributed by atoms with Gasteiger partial charge in [0.2, 0.25) is 11.8 Å². The molecule has 2 unspecified atom stereocenters. The molecule has 0 heterocycles. The molecule has 1 aliphatic carbocycles. The molecule has 0 aliphatic heterocycles. The van der Waals surface area contributed by atoms with Crippen molar-refractivity contribution in [2.24, 2.45) is 11.8 Å². The predicted molar refractivity (Wildman–Crippen MR) is 88.6 cm³/mol. The van der Waals surface area contributed by atoms with Gasteiger partial charge in [0.15, 0.2) is 0 Å². The van der Waals surface area contributed by atoms with Gasteiger partial charge < -0.3 is 10.6 Å². The van der Waals surface area contributed by atoms with Crippen molar-refractivity contribution >= 4 is 17.5 Å². The van der Waals surface area contributed by atoms with E-state index in [-0.39, 0.29) is 35.1 Å². The smallest absolute Gasteiger partial charge is 0.228 e. The summed E-state index contributed by atoms with van der Waals surface area (Å²) in [6.45, 7) is 10.2. The van der Waals surface area contributed by atoms with Crippen LogP contribution in [0.2, 0.25) is 0 Å². The third-order valence-electron chi connectivity index (χ3n) is 3.89. The molecule has 0 bridgehead atoms. The van der Waals surface area contributed by atoms with Gasteiger partial charge in [0.1, 0.15) is 0 Å². The van der Waals surface area contributed by atoms with Crippen molar-refractivity contribution in [3.05, 3.63) is 29.8 Å². The number of benzene rings is 1. The van der Waals surface area contributed by atoms with Gasteiger partial charge in [-0.25, -0.2) is 0 Å². The van der Waals surface area contributed by atoms with Gasteiger partial charge in [-0.1, -0.05) is 39.0 Å². The largest absolute Gasteiger partial charge is 0.354 e. The zero-order valence-corrected chi connectivity index (χ0v) is 14.1. The highest BCUT2D eigenvalue weighted by atomic mass is 16.2. The first-order valence-corrected chi connectivity index (χ1v) is 7.91. The first-order chi connectivity index (χ1) is 10.2. The lowest BCUT2D eigenvalue weighted by atomic mass is 9.86. The highest BCUT2D eigenvalue weighted by molar-refractivity contribution is 6.00. The first-order valence-electron chi connectivity index (χ1n) is 7.91. The summed E-state index contributed by atoms with van der Waals surface area (Å²) in [5.74, 6) is -0.448. The summed E-state index contributed by atoms with van der Waals surface area (Å²) in [7, 11) is 0. The highest BCUT2D eigenvalue weighted by Crippen LogP contribution is 2.40. The maximum absolute atomic E-state index is 12.4. The number of anilines is 1. The number of amides is 2.